The molecule has 2 aromatic carbocycles. The summed E-state index contributed by atoms with van der Waals surface area (Å²) >= 11 is 0. The Morgan fingerprint density at radius 1 is 0.870 bits per heavy atom. The number of amides is 4. The molecule has 252 valence electrons. The number of carboxylic acid groups (broad SMARTS) is 1. The first kappa shape index (κ1) is 38.9. The number of rotatable bonds is 14. The third-order valence-electron chi connectivity index (χ3n) is 6.52. The fourth-order valence-electron chi connectivity index (χ4n) is 3.97. The number of hydrogen-bond acceptors (Lipinski definition) is 7. The highest BCUT2D eigenvalue weighted by Gasteiger charge is 2.38. The van der Waals surface area contributed by atoms with Crippen molar-refractivity contribution in [2.45, 2.75) is 57.3 Å². The van der Waals surface area contributed by atoms with Crippen LogP contribution in [0.25, 0.3) is 0 Å². The van der Waals surface area contributed by atoms with E-state index in [1.807, 2.05) is 6.92 Å². The number of nitrogens with one attached hydrogen (secondary N) is 3. The Morgan fingerprint density at radius 2 is 1.35 bits per heavy atom. The molecular formula is C30H39F3N6O7. The molecule has 0 saturated heterocycles. The molecule has 16 heteroatoms. The molecule has 46 heavy (non-hydrogen) atoms. The monoisotopic (exact) mass is 652 g/mol. The van der Waals surface area contributed by atoms with E-state index in [-0.39, 0.29) is 24.4 Å². The van der Waals surface area contributed by atoms with Crippen molar-refractivity contribution in [2.75, 3.05) is 14.1 Å². The number of carbonyl (C=O) groups excluding carboxylic acids is 4. The molecule has 9 N–H and O–H groups in total. The van der Waals surface area contributed by atoms with Crippen molar-refractivity contribution in [1.29, 1.82) is 5.41 Å². The number of phenols is 1. The number of benzene rings is 2. The molecule has 0 aliphatic heterocycles. The summed E-state index contributed by atoms with van der Waals surface area (Å²) in [5.74, 6) is -6.26. The summed E-state index contributed by atoms with van der Waals surface area (Å²) in [5.41, 5.74) is 12.9. The van der Waals surface area contributed by atoms with Crippen LogP contribution in [-0.4, -0.2) is 82.9 Å². The molecule has 2 rings (SSSR count). The number of amidine groups is 1. The number of hydrogen-bond donors (Lipinski definition) is 7. The van der Waals surface area contributed by atoms with E-state index in [2.05, 4.69) is 10.6 Å². The van der Waals surface area contributed by atoms with E-state index >= 15 is 0 Å². The molecule has 0 bridgehead atoms. The lowest BCUT2D eigenvalue weighted by Gasteiger charge is -2.25. The van der Waals surface area contributed by atoms with E-state index in [1.165, 1.54) is 17.0 Å². The first-order chi connectivity index (χ1) is 21.4. The van der Waals surface area contributed by atoms with E-state index in [9.17, 15) is 37.5 Å². The van der Waals surface area contributed by atoms with Crippen molar-refractivity contribution in [3.05, 3.63) is 65.2 Å². The lowest BCUT2D eigenvalue weighted by molar-refractivity contribution is -0.192. The maximum atomic E-state index is 13.4. The molecule has 0 aliphatic rings. The Labute approximate surface area is 263 Å². The maximum absolute atomic E-state index is 13.4. The van der Waals surface area contributed by atoms with Crippen molar-refractivity contribution in [3.8, 4) is 5.75 Å². The van der Waals surface area contributed by atoms with Gasteiger partial charge in [-0.3, -0.25) is 24.6 Å². The molecule has 0 fully saturated rings. The first-order valence-electron chi connectivity index (χ1n) is 14.0. The summed E-state index contributed by atoms with van der Waals surface area (Å²) in [6.07, 6.45) is -3.22. The van der Waals surface area contributed by atoms with Crippen molar-refractivity contribution in [1.82, 2.24) is 15.5 Å². The van der Waals surface area contributed by atoms with Crippen LogP contribution in [0.15, 0.2) is 48.5 Å². The summed E-state index contributed by atoms with van der Waals surface area (Å²) in [7, 11) is 3.09. The van der Waals surface area contributed by atoms with Crippen LogP contribution < -0.4 is 22.1 Å². The van der Waals surface area contributed by atoms with Crippen LogP contribution in [0.4, 0.5) is 13.2 Å². The minimum absolute atomic E-state index is 0.0670. The van der Waals surface area contributed by atoms with E-state index in [1.54, 1.807) is 50.5 Å². The van der Waals surface area contributed by atoms with Crippen LogP contribution in [0.1, 0.15) is 42.9 Å². The van der Waals surface area contributed by atoms with Gasteiger partial charge in [0.2, 0.25) is 23.6 Å². The number of nitrogens with two attached hydrogens (primary N) is 2. The van der Waals surface area contributed by atoms with Crippen LogP contribution >= 0.6 is 0 Å². The standard InChI is InChI=1S/C28H38N6O5.C2HF3O2/c1-4-5-6-22(27(38)33-23(25(31)36)16-18-9-13-20(35)14-10-18)32-26(37)21(28(39)34(2)3)15-17-7-11-19(12-8-17)24(29)30;3-2(4,5)1(6)7/h7-14,21-23,35H,4-6,15-16H2,1-3H3,(H3,29,30)(H2,31,36)(H,32,37)(H,33,38);(H,6,7)/t21?,22-,23-;/m0./s1. The number of nitrogen functional groups attached to an aromatic ring is 1. The summed E-state index contributed by atoms with van der Waals surface area (Å²) in [6.45, 7) is 1.94. The average Bonchev–Trinajstić information content (AvgIpc) is 2.98. The highest BCUT2D eigenvalue weighted by Crippen LogP contribution is 2.16. The van der Waals surface area contributed by atoms with E-state index < -0.39 is 53.8 Å². The number of alkyl halides is 3. The normalized spacial score (nSPS) is 12.7. The predicted molar refractivity (Wildman–Crippen MR) is 161 cm³/mol. The summed E-state index contributed by atoms with van der Waals surface area (Å²) in [4.78, 5) is 61.9. The fraction of sp³-hybridized carbons (Fsp3) is 0.400. The van der Waals surface area contributed by atoms with Crippen LogP contribution in [0.3, 0.4) is 0 Å². The molecule has 0 spiro atoms. The SMILES string of the molecule is CCCC[C@H](NC(=O)C(Cc1ccc(C(=N)N)cc1)C(=O)N(C)C)C(=O)N[C@@H](Cc1ccc(O)cc1)C(N)=O.O=C(O)C(F)(F)F. The summed E-state index contributed by atoms with van der Waals surface area (Å²) in [5, 5.41) is 29.5. The quantitative estimate of drug-likeness (QED) is 0.0895. The first-order valence-corrected chi connectivity index (χ1v) is 14.0. The highest BCUT2D eigenvalue weighted by atomic mass is 19.4. The van der Waals surface area contributed by atoms with Gasteiger partial charge in [-0.25, -0.2) is 4.79 Å². The van der Waals surface area contributed by atoms with Gasteiger partial charge in [-0.2, -0.15) is 13.2 Å². The van der Waals surface area contributed by atoms with Crippen LogP contribution in [0, 0.1) is 11.3 Å². The predicted octanol–water partition coefficient (Wildman–Crippen LogP) is 1.44. The third-order valence-corrected chi connectivity index (χ3v) is 6.52. The molecule has 0 radical (unpaired) electrons. The second kappa shape index (κ2) is 18.0. The van der Waals surface area contributed by atoms with E-state index in [0.717, 1.165) is 6.42 Å². The van der Waals surface area contributed by atoms with Gasteiger partial charge in [-0.1, -0.05) is 56.2 Å². The Balaban J connectivity index is 0.00000135. The minimum Gasteiger partial charge on any atom is -0.508 e. The Hall–Kier alpha value is -5.15. The fourth-order valence-corrected chi connectivity index (χ4v) is 3.97. The number of aromatic hydroxyl groups is 1. The molecule has 0 saturated carbocycles. The van der Waals surface area contributed by atoms with E-state index in [0.29, 0.717) is 29.5 Å². The minimum atomic E-state index is -5.08. The zero-order valence-electron chi connectivity index (χ0n) is 25.6. The van der Waals surface area contributed by atoms with Gasteiger partial charge in [0, 0.05) is 26.1 Å². The Bertz CT molecular complexity index is 1370. The molecular weight excluding hydrogens is 613 g/mol. The zero-order chi connectivity index (χ0) is 35.2. The maximum Gasteiger partial charge on any atom is 0.490 e. The molecule has 0 heterocycles. The molecule has 1 unspecified atom stereocenters. The number of unbranched alkanes of at least 4 members (excludes halogenated alkanes) is 1. The van der Waals surface area contributed by atoms with Crippen LogP contribution in [0.5, 0.6) is 5.75 Å². The lowest BCUT2D eigenvalue weighted by Crippen LogP contribution is -2.55. The number of nitrogens with zero attached hydrogens (tertiary/aromatic N) is 1. The van der Waals surface area contributed by atoms with Gasteiger partial charge in [-0.15, -0.1) is 0 Å². The molecule has 0 aliphatic carbocycles. The van der Waals surface area contributed by atoms with Crippen LogP contribution in [0.2, 0.25) is 0 Å². The second-order valence-corrected chi connectivity index (χ2v) is 10.4. The van der Waals surface area contributed by atoms with Crippen molar-refractivity contribution in [2.24, 2.45) is 17.4 Å². The third kappa shape index (κ3) is 13.2. The number of phenolic OH excluding ortho intramolecular Hbond substituents is 1. The van der Waals surface area contributed by atoms with Gasteiger partial charge in [0.25, 0.3) is 0 Å². The van der Waals surface area contributed by atoms with Gasteiger partial charge in [0.05, 0.1) is 0 Å². The number of primary amides is 1. The van der Waals surface area contributed by atoms with Crippen LogP contribution in [-0.2, 0) is 36.8 Å². The van der Waals surface area contributed by atoms with Gasteiger partial charge in [0.15, 0.2) is 0 Å². The van der Waals surface area contributed by atoms with E-state index in [4.69, 9.17) is 26.8 Å². The molecule has 2 aromatic rings. The number of carboxylic acids is 1. The summed E-state index contributed by atoms with van der Waals surface area (Å²) in [6, 6.07) is 10.8. The van der Waals surface area contributed by atoms with Crippen molar-refractivity contribution < 1.29 is 47.4 Å². The average molecular weight is 653 g/mol. The molecule has 3 atom stereocenters. The second-order valence-electron chi connectivity index (χ2n) is 10.4. The molecule has 0 aromatic heterocycles. The number of carbonyl (C=O) groups is 5. The lowest BCUT2D eigenvalue weighted by atomic mass is 9.95. The topological polar surface area (TPSA) is 229 Å². The molecule has 4 amide bonds. The molecule has 13 nitrogen and oxygen atoms in total. The zero-order valence-corrected chi connectivity index (χ0v) is 25.6. The number of halogens is 3. The smallest absolute Gasteiger partial charge is 0.490 e. The summed E-state index contributed by atoms with van der Waals surface area (Å²) < 4.78 is 31.7. The van der Waals surface area contributed by atoms with Gasteiger partial charge >= 0.3 is 12.1 Å². The Morgan fingerprint density at radius 3 is 1.78 bits per heavy atom. The largest absolute Gasteiger partial charge is 0.508 e. The number of aliphatic carboxylic acids is 1. The highest BCUT2D eigenvalue weighted by molar-refractivity contribution is 6.02. The van der Waals surface area contributed by atoms with Gasteiger partial charge < -0.3 is 37.2 Å². The Kier molecular flexibility index (Phi) is 15.2. The van der Waals surface area contributed by atoms with Gasteiger partial charge in [0.1, 0.15) is 29.6 Å². The van der Waals surface area contributed by atoms with Gasteiger partial charge in [-0.05, 0) is 36.1 Å². The van der Waals surface area contributed by atoms with Crippen molar-refractivity contribution in [3.63, 3.8) is 0 Å². The van der Waals surface area contributed by atoms with Crippen molar-refractivity contribution >= 4 is 35.4 Å².